The normalized spacial score (nSPS) is 17.6. The van der Waals surface area contributed by atoms with Crippen molar-refractivity contribution >= 4 is 5.91 Å². The molecule has 0 saturated carbocycles. The lowest BCUT2D eigenvalue weighted by molar-refractivity contribution is -0.132. The van der Waals surface area contributed by atoms with E-state index in [0.29, 0.717) is 19.6 Å². The van der Waals surface area contributed by atoms with Gasteiger partial charge in [-0.15, -0.1) is 0 Å². The van der Waals surface area contributed by atoms with E-state index in [1.165, 1.54) is 19.3 Å². The molecule has 1 aromatic carbocycles. The molecule has 0 aliphatic carbocycles. The number of amides is 1. The first-order valence-electron chi connectivity index (χ1n) is 11.0. The number of aromatic nitrogens is 2. The van der Waals surface area contributed by atoms with Crippen molar-refractivity contribution in [3.05, 3.63) is 36.0 Å². The SMILES string of the molecule is CCOc1ccc(-c2cc3n(n2)CCCN(C(=O)CCN2CCCCC2)C3)cc1. The van der Waals surface area contributed by atoms with E-state index >= 15 is 0 Å². The van der Waals surface area contributed by atoms with Gasteiger partial charge in [0.15, 0.2) is 0 Å². The van der Waals surface area contributed by atoms with E-state index in [1.54, 1.807) is 0 Å². The van der Waals surface area contributed by atoms with Gasteiger partial charge in [0, 0.05) is 31.6 Å². The van der Waals surface area contributed by atoms with E-state index in [4.69, 9.17) is 9.84 Å². The number of likely N-dealkylation sites (tertiary alicyclic amines) is 1. The van der Waals surface area contributed by atoms with Crippen molar-refractivity contribution < 1.29 is 9.53 Å². The lowest BCUT2D eigenvalue weighted by atomic mass is 10.1. The van der Waals surface area contributed by atoms with Gasteiger partial charge in [-0.2, -0.15) is 5.10 Å². The standard InChI is InChI=1S/C23H32N4O2/c1-2-29-21-9-7-19(8-10-21)22-17-20-18-26(14-6-15-27(20)24-22)23(28)11-16-25-12-4-3-5-13-25/h7-10,17H,2-6,11-16,18H2,1H3. The number of benzene rings is 1. The molecule has 0 N–H and O–H groups in total. The number of nitrogens with zero attached hydrogens (tertiary/aromatic N) is 4. The van der Waals surface area contributed by atoms with E-state index in [1.807, 2.05) is 24.0 Å². The van der Waals surface area contributed by atoms with E-state index < -0.39 is 0 Å². The lowest BCUT2D eigenvalue weighted by Crippen LogP contribution is -2.36. The molecule has 6 heteroatoms. The first kappa shape index (κ1) is 20.0. The molecule has 0 spiro atoms. The second kappa shape index (κ2) is 9.44. The van der Waals surface area contributed by atoms with Crippen LogP contribution in [-0.2, 0) is 17.9 Å². The highest BCUT2D eigenvalue weighted by atomic mass is 16.5. The Hall–Kier alpha value is -2.34. The van der Waals surface area contributed by atoms with Crippen LogP contribution in [0.3, 0.4) is 0 Å². The van der Waals surface area contributed by atoms with Crippen LogP contribution in [0.15, 0.2) is 30.3 Å². The van der Waals surface area contributed by atoms with Gasteiger partial charge in [0.2, 0.25) is 5.91 Å². The zero-order chi connectivity index (χ0) is 20.1. The monoisotopic (exact) mass is 396 g/mol. The van der Waals surface area contributed by atoms with E-state index in [0.717, 1.165) is 61.8 Å². The minimum atomic E-state index is 0.271. The number of piperidine rings is 1. The number of aryl methyl sites for hydroxylation is 1. The third kappa shape index (κ3) is 4.99. The van der Waals surface area contributed by atoms with Gasteiger partial charge in [-0.3, -0.25) is 9.48 Å². The number of fused-ring (bicyclic) bond motifs is 1. The fourth-order valence-corrected chi connectivity index (χ4v) is 4.30. The molecule has 2 aromatic rings. The molecule has 2 aliphatic rings. The third-order valence-corrected chi connectivity index (χ3v) is 5.92. The van der Waals surface area contributed by atoms with Crippen molar-refractivity contribution in [3.8, 4) is 17.0 Å². The second-order valence-electron chi connectivity index (χ2n) is 8.02. The van der Waals surface area contributed by atoms with Crippen molar-refractivity contribution in [2.75, 3.05) is 32.8 Å². The average molecular weight is 397 g/mol. The van der Waals surface area contributed by atoms with Crippen molar-refractivity contribution in [2.45, 2.75) is 52.1 Å². The Morgan fingerprint density at radius 1 is 1.03 bits per heavy atom. The van der Waals surface area contributed by atoms with Crippen LogP contribution >= 0.6 is 0 Å². The Morgan fingerprint density at radius 2 is 1.83 bits per heavy atom. The van der Waals surface area contributed by atoms with Crippen LogP contribution in [0.25, 0.3) is 11.3 Å². The number of carbonyl (C=O) groups excluding carboxylic acids is 1. The van der Waals surface area contributed by atoms with Gasteiger partial charge < -0.3 is 14.5 Å². The number of carbonyl (C=O) groups is 1. The maximum atomic E-state index is 12.8. The summed E-state index contributed by atoms with van der Waals surface area (Å²) in [4.78, 5) is 17.3. The van der Waals surface area contributed by atoms with Crippen LogP contribution in [-0.4, -0.2) is 58.3 Å². The maximum absolute atomic E-state index is 12.8. The zero-order valence-corrected chi connectivity index (χ0v) is 17.5. The number of rotatable bonds is 6. The molecule has 0 atom stereocenters. The fraction of sp³-hybridized carbons (Fsp3) is 0.565. The predicted octanol–water partition coefficient (Wildman–Crippen LogP) is 3.56. The van der Waals surface area contributed by atoms with E-state index in [9.17, 15) is 4.79 Å². The summed E-state index contributed by atoms with van der Waals surface area (Å²) in [5.41, 5.74) is 3.17. The molecule has 1 amide bonds. The minimum Gasteiger partial charge on any atom is -0.494 e. The molecule has 3 heterocycles. The minimum absolute atomic E-state index is 0.271. The van der Waals surface area contributed by atoms with Gasteiger partial charge in [-0.05, 0) is 69.6 Å². The highest BCUT2D eigenvalue weighted by Crippen LogP contribution is 2.24. The summed E-state index contributed by atoms with van der Waals surface area (Å²) >= 11 is 0. The smallest absolute Gasteiger partial charge is 0.224 e. The first-order valence-corrected chi connectivity index (χ1v) is 11.0. The Kier molecular flexibility index (Phi) is 6.49. The van der Waals surface area contributed by atoms with E-state index in [-0.39, 0.29) is 5.91 Å². The van der Waals surface area contributed by atoms with Crippen LogP contribution in [0.4, 0.5) is 0 Å². The van der Waals surface area contributed by atoms with Crippen molar-refractivity contribution in [3.63, 3.8) is 0 Å². The van der Waals surface area contributed by atoms with Gasteiger partial charge >= 0.3 is 0 Å². The van der Waals surface area contributed by atoms with Gasteiger partial charge in [-0.25, -0.2) is 0 Å². The maximum Gasteiger partial charge on any atom is 0.224 e. The zero-order valence-electron chi connectivity index (χ0n) is 17.5. The highest BCUT2D eigenvalue weighted by Gasteiger charge is 2.22. The van der Waals surface area contributed by atoms with Gasteiger partial charge in [-0.1, -0.05) is 6.42 Å². The summed E-state index contributed by atoms with van der Waals surface area (Å²) in [6.07, 6.45) is 5.45. The predicted molar refractivity (Wildman–Crippen MR) is 114 cm³/mol. The van der Waals surface area contributed by atoms with Crippen LogP contribution in [0.2, 0.25) is 0 Å². The molecule has 4 rings (SSSR count). The topological polar surface area (TPSA) is 50.6 Å². The first-order chi connectivity index (χ1) is 14.2. The fourth-order valence-electron chi connectivity index (χ4n) is 4.30. The number of hydrogen-bond acceptors (Lipinski definition) is 4. The molecule has 1 saturated heterocycles. The number of ether oxygens (including phenoxy) is 1. The molecule has 6 nitrogen and oxygen atoms in total. The Bertz CT molecular complexity index is 809. The molecular weight excluding hydrogens is 364 g/mol. The molecule has 156 valence electrons. The van der Waals surface area contributed by atoms with Crippen LogP contribution in [0.1, 0.15) is 44.7 Å². The Balaban J connectivity index is 1.39. The summed E-state index contributed by atoms with van der Waals surface area (Å²) in [5.74, 6) is 1.15. The second-order valence-corrected chi connectivity index (χ2v) is 8.02. The number of hydrogen-bond donors (Lipinski definition) is 0. The highest BCUT2D eigenvalue weighted by molar-refractivity contribution is 5.76. The molecule has 0 bridgehead atoms. The summed E-state index contributed by atoms with van der Waals surface area (Å²) in [6.45, 7) is 8.17. The average Bonchev–Trinajstić information content (AvgIpc) is 3.05. The molecule has 29 heavy (non-hydrogen) atoms. The van der Waals surface area contributed by atoms with E-state index in [2.05, 4.69) is 27.8 Å². The quantitative estimate of drug-likeness (QED) is 0.749. The lowest BCUT2D eigenvalue weighted by Gasteiger charge is -2.27. The van der Waals surface area contributed by atoms with Gasteiger partial charge in [0.05, 0.1) is 24.5 Å². The van der Waals surface area contributed by atoms with Crippen LogP contribution in [0, 0.1) is 0 Å². The van der Waals surface area contributed by atoms with Gasteiger partial charge in [0.25, 0.3) is 0 Å². The molecular formula is C23H32N4O2. The Morgan fingerprint density at radius 3 is 2.59 bits per heavy atom. The van der Waals surface area contributed by atoms with Crippen LogP contribution in [0.5, 0.6) is 5.75 Å². The summed E-state index contributed by atoms with van der Waals surface area (Å²) in [7, 11) is 0. The van der Waals surface area contributed by atoms with Crippen molar-refractivity contribution in [1.82, 2.24) is 19.6 Å². The summed E-state index contributed by atoms with van der Waals surface area (Å²) in [6, 6.07) is 10.2. The van der Waals surface area contributed by atoms with Crippen molar-refractivity contribution in [1.29, 1.82) is 0 Å². The van der Waals surface area contributed by atoms with Gasteiger partial charge in [0.1, 0.15) is 5.75 Å². The van der Waals surface area contributed by atoms with Crippen molar-refractivity contribution in [2.24, 2.45) is 0 Å². The van der Waals surface area contributed by atoms with Crippen LogP contribution < -0.4 is 4.74 Å². The molecule has 2 aliphatic heterocycles. The largest absolute Gasteiger partial charge is 0.494 e. The Labute approximate surface area is 173 Å². The molecule has 1 aromatic heterocycles. The molecule has 0 unspecified atom stereocenters. The third-order valence-electron chi connectivity index (χ3n) is 5.92. The summed E-state index contributed by atoms with van der Waals surface area (Å²) < 4.78 is 7.60. The molecule has 1 fully saturated rings. The summed E-state index contributed by atoms with van der Waals surface area (Å²) in [5, 5.41) is 4.80. The molecule has 0 radical (unpaired) electrons.